The quantitative estimate of drug-likeness (QED) is 0.658. The van der Waals surface area contributed by atoms with Gasteiger partial charge in [0.05, 0.1) is 12.2 Å². The van der Waals surface area contributed by atoms with Gasteiger partial charge in [0, 0.05) is 18.7 Å². The fraction of sp³-hybridized carbons (Fsp3) is 0.409. The van der Waals surface area contributed by atoms with E-state index in [1.807, 2.05) is 6.07 Å². The average molecular weight is 405 g/mol. The summed E-state index contributed by atoms with van der Waals surface area (Å²) in [7, 11) is 0. The number of ether oxygens (including phenoxy) is 1. The minimum Gasteiger partial charge on any atom is -0.505 e. The van der Waals surface area contributed by atoms with Crippen LogP contribution in [0.3, 0.4) is 0 Å². The first-order valence-corrected chi connectivity index (χ1v) is 9.66. The van der Waals surface area contributed by atoms with Crippen molar-refractivity contribution in [3.05, 3.63) is 65.2 Å². The molecule has 1 aliphatic rings. The Kier molecular flexibility index (Phi) is 6.82. The molecule has 0 heterocycles. The van der Waals surface area contributed by atoms with Gasteiger partial charge in [0.1, 0.15) is 5.82 Å². The molecule has 1 saturated carbocycles. The fourth-order valence-electron chi connectivity index (χ4n) is 3.52. The third kappa shape index (κ3) is 5.98. The molecule has 1 fully saturated rings. The lowest BCUT2D eigenvalue weighted by atomic mass is 9.79. The Morgan fingerprint density at radius 1 is 1.17 bits per heavy atom. The summed E-state index contributed by atoms with van der Waals surface area (Å²) in [5.74, 6) is -1.87. The lowest BCUT2D eigenvalue weighted by Gasteiger charge is -2.36. The van der Waals surface area contributed by atoms with Crippen molar-refractivity contribution < 1.29 is 28.5 Å². The van der Waals surface area contributed by atoms with Gasteiger partial charge in [-0.05, 0) is 67.5 Å². The fourth-order valence-corrected chi connectivity index (χ4v) is 3.52. The van der Waals surface area contributed by atoms with Gasteiger partial charge in [-0.2, -0.15) is 0 Å². The highest BCUT2D eigenvalue weighted by atomic mass is 19.1. The predicted octanol–water partition coefficient (Wildman–Crippen LogP) is 3.54. The largest absolute Gasteiger partial charge is 0.505 e. The van der Waals surface area contributed by atoms with E-state index in [4.69, 9.17) is 4.74 Å². The van der Waals surface area contributed by atoms with Crippen LogP contribution in [0.25, 0.3) is 0 Å². The molecule has 0 aliphatic heterocycles. The van der Waals surface area contributed by atoms with Gasteiger partial charge < -0.3 is 20.3 Å². The maximum absolute atomic E-state index is 13.4. The van der Waals surface area contributed by atoms with Crippen LogP contribution in [-0.2, 0) is 11.3 Å². The first-order valence-electron chi connectivity index (χ1n) is 9.66. The Morgan fingerprint density at radius 2 is 1.93 bits per heavy atom. The molecule has 1 aliphatic carbocycles. The van der Waals surface area contributed by atoms with Crippen molar-refractivity contribution in [3.8, 4) is 5.75 Å². The topological polar surface area (TPSA) is 78.8 Å². The summed E-state index contributed by atoms with van der Waals surface area (Å²) in [4.78, 5) is 12.1. The van der Waals surface area contributed by atoms with E-state index >= 15 is 0 Å². The van der Waals surface area contributed by atoms with Crippen molar-refractivity contribution >= 4 is 5.91 Å². The predicted molar refractivity (Wildman–Crippen MR) is 103 cm³/mol. The van der Waals surface area contributed by atoms with Gasteiger partial charge in [0.25, 0.3) is 5.91 Å². The highest BCUT2D eigenvalue weighted by molar-refractivity contribution is 5.94. The molecule has 0 spiro atoms. The summed E-state index contributed by atoms with van der Waals surface area (Å²) in [6, 6.07) is 9.70. The molecule has 2 aromatic rings. The number of rotatable bonds is 7. The number of amides is 1. The normalized spacial score (nSPS) is 21.7. The summed E-state index contributed by atoms with van der Waals surface area (Å²) in [6.07, 6.45) is 2.54. The Balaban J connectivity index is 1.40. The number of carbonyl (C=O) groups is 1. The lowest BCUT2D eigenvalue weighted by molar-refractivity contribution is -0.0239. The molecule has 29 heavy (non-hydrogen) atoms. The minimum absolute atomic E-state index is 0.0746. The van der Waals surface area contributed by atoms with Crippen LogP contribution >= 0.6 is 0 Å². The molecule has 0 radical (unpaired) electrons. The molecule has 0 saturated heterocycles. The van der Waals surface area contributed by atoms with E-state index in [0.717, 1.165) is 30.5 Å². The van der Waals surface area contributed by atoms with Crippen molar-refractivity contribution in [2.45, 2.75) is 37.9 Å². The zero-order valence-electron chi connectivity index (χ0n) is 16.0. The molecular formula is C22H25F2NO4. The molecule has 7 heteroatoms. The second-order valence-corrected chi connectivity index (χ2v) is 7.66. The Morgan fingerprint density at radius 3 is 2.62 bits per heavy atom. The number of hydrogen-bond donors (Lipinski definition) is 3. The first kappa shape index (κ1) is 21.2. The standard InChI is InChI=1S/C22H25F2NO4/c23-18-3-1-2-16(10-18)13-29-12-15-6-8-22(28,9-7-15)14-25-21(27)17-4-5-20(26)19(24)11-17/h1-5,10-11,15,26,28H,6-9,12-14H2,(H,25,27). The Labute approximate surface area is 168 Å². The van der Waals surface area contributed by atoms with Crippen LogP contribution in [0.5, 0.6) is 5.75 Å². The van der Waals surface area contributed by atoms with E-state index in [1.165, 1.54) is 18.2 Å². The smallest absolute Gasteiger partial charge is 0.251 e. The van der Waals surface area contributed by atoms with Crippen LogP contribution in [0.4, 0.5) is 8.78 Å². The highest BCUT2D eigenvalue weighted by Crippen LogP contribution is 2.32. The van der Waals surface area contributed by atoms with Crippen molar-refractivity contribution in [2.75, 3.05) is 13.2 Å². The molecule has 5 nitrogen and oxygen atoms in total. The molecule has 1 amide bonds. The molecule has 2 aromatic carbocycles. The number of hydrogen-bond acceptors (Lipinski definition) is 4. The third-order valence-electron chi connectivity index (χ3n) is 5.34. The van der Waals surface area contributed by atoms with E-state index in [2.05, 4.69) is 5.32 Å². The van der Waals surface area contributed by atoms with Gasteiger partial charge in [-0.15, -0.1) is 0 Å². The maximum atomic E-state index is 13.4. The van der Waals surface area contributed by atoms with Gasteiger partial charge in [0.15, 0.2) is 11.6 Å². The molecule has 0 aromatic heterocycles. The van der Waals surface area contributed by atoms with E-state index in [1.54, 1.807) is 6.07 Å². The van der Waals surface area contributed by atoms with Gasteiger partial charge >= 0.3 is 0 Å². The number of phenols is 1. The molecule has 3 rings (SSSR count). The summed E-state index contributed by atoms with van der Waals surface area (Å²) >= 11 is 0. The lowest BCUT2D eigenvalue weighted by Crippen LogP contribution is -2.45. The van der Waals surface area contributed by atoms with Crippen LogP contribution in [0.15, 0.2) is 42.5 Å². The van der Waals surface area contributed by atoms with Crippen molar-refractivity contribution in [3.63, 3.8) is 0 Å². The molecule has 3 N–H and O–H groups in total. The monoisotopic (exact) mass is 405 g/mol. The van der Waals surface area contributed by atoms with E-state index in [9.17, 15) is 23.8 Å². The highest BCUT2D eigenvalue weighted by Gasteiger charge is 2.33. The first-order chi connectivity index (χ1) is 13.8. The van der Waals surface area contributed by atoms with Crippen molar-refractivity contribution in [2.24, 2.45) is 5.92 Å². The van der Waals surface area contributed by atoms with Gasteiger partial charge in [-0.25, -0.2) is 8.78 Å². The Bertz CT molecular complexity index is 850. The van der Waals surface area contributed by atoms with Crippen LogP contribution in [0.2, 0.25) is 0 Å². The zero-order valence-corrected chi connectivity index (χ0v) is 16.0. The molecular weight excluding hydrogens is 380 g/mol. The van der Waals surface area contributed by atoms with Crippen molar-refractivity contribution in [1.82, 2.24) is 5.32 Å². The molecule has 0 bridgehead atoms. The van der Waals surface area contributed by atoms with E-state index in [-0.39, 0.29) is 17.9 Å². The van der Waals surface area contributed by atoms with Crippen molar-refractivity contribution in [1.29, 1.82) is 0 Å². The average Bonchev–Trinajstić information content (AvgIpc) is 2.70. The molecule has 0 unspecified atom stereocenters. The maximum Gasteiger partial charge on any atom is 0.251 e. The number of aromatic hydroxyl groups is 1. The van der Waals surface area contributed by atoms with Crippen LogP contribution < -0.4 is 5.32 Å². The number of halogens is 2. The van der Waals surface area contributed by atoms with Crippen LogP contribution in [-0.4, -0.2) is 34.9 Å². The minimum atomic E-state index is -1.01. The summed E-state index contributed by atoms with van der Waals surface area (Å²) in [6.45, 7) is 0.953. The Hall–Kier alpha value is -2.51. The molecule has 156 valence electrons. The summed E-state index contributed by atoms with van der Waals surface area (Å²) in [5.41, 5.74) is -0.140. The van der Waals surface area contributed by atoms with Gasteiger partial charge in [0.2, 0.25) is 0 Å². The number of nitrogens with one attached hydrogen (secondary N) is 1. The summed E-state index contributed by atoms with van der Waals surface area (Å²) in [5, 5.41) is 22.5. The number of phenolic OH excluding ortho intramolecular Hbond substituents is 1. The van der Waals surface area contributed by atoms with Crippen LogP contribution in [0.1, 0.15) is 41.6 Å². The second-order valence-electron chi connectivity index (χ2n) is 7.66. The number of carbonyl (C=O) groups excluding carboxylic acids is 1. The zero-order chi connectivity index (χ0) is 20.9. The SMILES string of the molecule is O=C(NCC1(O)CCC(COCc2cccc(F)c2)CC1)c1ccc(O)c(F)c1. The van der Waals surface area contributed by atoms with E-state index < -0.39 is 23.1 Å². The van der Waals surface area contributed by atoms with Gasteiger partial charge in [-0.3, -0.25) is 4.79 Å². The van der Waals surface area contributed by atoms with Gasteiger partial charge in [-0.1, -0.05) is 12.1 Å². The third-order valence-corrected chi connectivity index (χ3v) is 5.34. The van der Waals surface area contributed by atoms with Crippen LogP contribution in [0, 0.1) is 17.6 Å². The second kappa shape index (κ2) is 9.33. The molecule has 0 atom stereocenters. The number of benzene rings is 2. The van der Waals surface area contributed by atoms with E-state index in [0.29, 0.717) is 32.0 Å². The summed E-state index contributed by atoms with van der Waals surface area (Å²) < 4.78 is 32.2. The number of aliphatic hydroxyl groups is 1.